The van der Waals surface area contributed by atoms with Gasteiger partial charge in [0.25, 0.3) is 0 Å². The van der Waals surface area contributed by atoms with Crippen LogP contribution in [-0.2, 0) is 18.0 Å². The van der Waals surface area contributed by atoms with Crippen molar-refractivity contribution < 1.29 is 9.57 Å². The number of rotatable bonds is 8. The molecule has 3 aromatic carbocycles. The van der Waals surface area contributed by atoms with E-state index in [-0.39, 0.29) is 0 Å². The van der Waals surface area contributed by atoms with Gasteiger partial charge in [0.2, 0.25) is 0 Å². The Balaban J connectivity index is 1.48. The van der Waals surface area contributed by atoms with E-state index >= 15 is 0 Å². The number of nitrogens with zero attached hydrogens (tertiary/aromatic N) is 4. The first-order valence-corrected chi connectivity index (χ1v) is 10.2. The van der Waals surface area contributed by atoms with Gasteiger partial charge in [0.05, 0.1) is 6.54 Å². The van der Waals surface area contributed by atoms with E-state index in [0.29, 0.717) is 40.4 Å². The van der Waals surface area contributed by atoms with E-state index in [9.17, 15) is 0 Å². The molecule has 0 aliphatic rings. The van der Waals surface area contributed by atoms with Gasteiger partial charge in [0.1, 0.15) is 36.5 Å². The minimum absolute atomic E-state index is 0.329. The van der Waals surface area contributed by atoms with Gasteiger partial charge in [-0.3, -0.25) is 0 Å². The molecule has 0 N–H and O–H groups in total. The summed E-state index contributed by atoms with van der Waals surface area (Å²) in [4.78, 5) is 9.59. The Morgan fingerprint density at radius 3 is 2.06 bits per heavy atom. The van der Waals surface area contributed by atoms with Crippen LogP contribution in [0.3, 0.4) is 0 Å². The Bertz CT molecular complexity index is 1130. The van der Waals surface area contributed by atoms with E-state index in [4.69, 9.17) is 32.8 Å². The predicted octanol–water partition coefficient (Wildman–Crippen LogP) is 6.00. The molecule has 0 aliphatic carbocycles. The highest BCUT2D eigenvalue weighted by molar-refractivity contribution is 6.30. The number of ether oxygens (including phenoxy) is 1. The fourth-order valence-corrected chi connectivity index (χ4v) is 3.01. The van der Waals surface area contributed by atoms with Crippen LogP contribution < -0.4 is 4.74 Å². The molecule has 0 radical (unpaired) electrons. The smallest absolute Gasteiger partial charge is 0.142 e. The lowest BCUT2D eigenvalue weighted by atomic mass is 10.1. The summed E-state index contributed by atoms with van der Waals surface area (Å²) in [5.74, 6) is 1.41. The molecule has 156 valence electrons. The monoisotopic (exact) mass is 452 g/mol. The second-order valence-electron chi connectivity index (χ2n) is 6.61. The fourth-order valence-electron chi connectivity index (χ4n) is 2.76. The molecule has 0 spiro atoms. The molecule has 0 aliphatic heterocycles. The Kier molecular flexibility index (Phi) is 6.82. The van der Waals surface area contributed by atoms with Crippen LogP contribution in [0, 0.1) is 0 Å². The molecular weight excluding hydrogens is 435 g/mol. The highest BCUT2D eigenvalue weighted by Crippen LogP contribution is 2.23. The molecule has 6 nitrogen and oxygen atoms in total. The van der Waals surface area contributed by atoms with Crippen molar-refractivity contribution in [3.05, 3.63) is 107 Å². The van der Waals surface area contributed by atoms with Gasteiger partial charge in [-0.05, 0) is 66.2 Å². The van der Waals surface area contributed by atoms with E-state index in [0.717, 1.165) is 11.1 Å². The third-order valence-corrected chi connectivity index (χ3v) is 4.84. The number of hydrogen-bond donors (Lipinski definition) is 0. The zero-order valence-electron chi connectivity index (χ0n) is 16.4. The van der Waals surface area contributed by atoms with Gasteiger partial charge in [-0.15, -0.1) is 0 Å². The quantitative estimate of drug-likeness (QED) is 0.243. The molecule has 0 saturated carbocycles. The van der Waals surface area contributed by atoms with Crippen molar-refractivity contribution in [1.82, 2.24) is 14.8 Å². The molecule has 0 fully saturated rings. The summed E-state index contributed by atoms with van der Waals surface area (Å²) in [7, 11) is 0. The second-order valence-corrected chi connectivity index (χ2v) is 7.48. The number of benzene rings is 3. The standard InChI is InChI=1S/C23H18Cl2N4O2/c24-19-5-1-17(2-6-19)14-30-28-23(13-29-16-26-15-27-29)18-3-9-21(10-4-18)31-22-11-7-20(25)8-12-22/h1-12,15-16H,13-14H2. The average molecular weight is 453 g/mol. The lowest BCUT2D eigenvalue weighted by molar-refractivity contribution is 0.130. The molecule has 8 heteroatoms. The average Bonchev–Trinajstić information content (AvgIpc) is 3.30. The Morgan fingerprint density at radius 2 is 1.45 bits per heavy atom. The molecular formula is C23H18Cl2N4O2. The summed E-state index contributed by atoms with van der Waals surface area (Å²) < 4.78 is 7.54. The lowest BCUT2D eigenvalue weighted by Gasteiger charge is -2.10. The Hall–Kier alpha value is -3.35. The summed E-state index contributed by atoms with van der Waals surface area (Å²) >= 11 is 11.8. The summed E-state index contributed by atoms with van der Waals surface area (Å²) in [6.45, 7) is 0.744. The van der Waals surface area contributed by atoms with Crippen molar-refractivity contribution >= 4 is 28.9 Å². The van der Waals surface area contributed by atoms with Crippen molar-refractivity contribution in [3.8, 4) is 11.5 Å². The van der Waals surface area contributed by atoms with Gasteiger partial charge in [-0.25, -0.2) is 9.67 Å². The van der Waals surface area contributed by atoms with E-state index in [1.165, 1.54) is 6.33 Å². The summed E-state index contributed by atoms with van der Waals surface area (Å²) in [5.41, 5.74) is 2.56. The van der Waals surface area contributed by atoms with Gasteiger partial charge in [-0.2, -0.15) is 5.10 Å². The Labute approximate surface area is 189 Å². The van der Waals surface area contributed by atoms with Crippen LogP contribution in [0.25, 0.3) is 0 Å². The van der Waals surface area contributed by atoms with E-state index in [2.05, 4.69) is 15.2 Å². The van der Waals surface area contributed by atoms with Crippen LogP contribution in [0.2, 0.25) is 10.0 Å². The third kappa shape index (κ3) is 6.07. The van der Waals surface area contributed by atoms with Gasteiger partial charge in [-0.1, -0.05) is 40.5 Å². The van der Waals surface area contributed by atoms with Gasteiger partial charge < -0.3 is 9.57 Å². The van der Waals surface area contributed by atoms with Crippen LogP contribution in [0.5, 0.6) is 11.5 Å². The first kappa shape index (κ1) is 20.9. The highest BCUT2D eigenvalue weighted by Gasteiger charge is 2.08. The molecule has 1 heterocycles. The fraction of sp³-hybridized carbons (Fsp3) is 0.0870. The molecule has 0 amide bonds. The van der Waals surface area contributed by atoms with Gasteiger partial charge in [0.15, 0.2) is 0 Å². The van der Waals surface area contributed by atoms with E-state index < -0.39 is 0 Å². The first-order chi connectivity index (χ1) is 15.2. The molecule has 4 rings (SSSR count). The third-order valence-electron chi connectivity index (χ3n) is 4.33. The summed E-state index contributed by atoms with van der Waals surface area (Å²) in [5, 5.41) is 9.85. The van der Waals surface area contributed by atoms with Crippen molar-refractivity contribution in [3.63, 3.8) is 0 Å². The Morgan fingerprint density at radius 1 is 0.839 bits per heavy atom. The van der Waals surface area contributed by atoms with Crippen molar-refractivity contribution in [1.29, 1.82) is 0 Å². The van der Waals surface area contributed by atoms with E-state index in [1.807, 2.05) is 60.7 Å². The van der Waals surface area contributed by atoms with Crippen LogP contribution in [0.15, 0.2) is 90.6 Å². The highest BCUT2D eigenvalue weighted by atomic mass is 35.5. The van der Waals surface area contributed by atoms with Crippen LogP contribution >= 0.6 is 23.2 Å². The van der Waals surface area contributed by atoms with Crippen molar-refractivity contribution in [2.24, 2.45) is 5.16 Å². The maximum atomic E-state index is 5.93. The molecule has 0 saturated heterocycles. The number of hydrogen-bond acceptors (Lipinski definition) is 5. The summed E-state index contributed by atoms with van der Waals surface area (Å²) in [6, 6.07) is 22.2. The minimum Gasteiger partial charge on any atom is -0.457 e. The maximum Gasteiger partial charge on any atom is 0.142 e. The molecule has 0 atom stereocenters. The normalized spacial score (nSPS) is 11.4. The first-order valence-electron chi connectivity index (χ1n) is 9.45. The van der Waals surface area contributed by atoms with Crippen LogP contribution in [0.1, 0.15) is 11.1 Å². The molecule has 4 aromatic rings. The lowest BCUT2D eigenvalue weighted by Crippen LogP contribution is -2.13. The minimum atomic E-state index is 0.329. The maximum absolute atomic E-state index is 5.93. The zero-order valence-corrected chi connectivity index (χ0v) is 17.9. The molecule has 31 heavy (non-hydrogen) atoms. The summed E-state index contributed by atoms with van der Waals surface area (Å²) in [6.07, 6.45) is 3.11. The van der Waals surface area contributed by atoms with Crippen molar-refractivity contribution in [2.75, 3.05) is 0 Å². The second kappa shape index (κ2) is 10.1. The molecule has 0 unspecified atom stereocenters. The van der Waals surface area contributed by atoms with Crippen LogP contribution in [-0.4, -0.2) is 20.5 Å². The molecule has 0 bridgehead atoms. The molecule has 1 aromatic heterocycles. The number of halogens is 2. The van der Waals surface area contributed by atoms with Gasteiger partial charge in [0, 0.05) is 15.6 Å². The topological polar surface area (TPSA) is 61.5 Å². The van der Waals surface area contributed by atoms with Crippen LogP contribution in [0.4, 0.5) is 0 Å². The van der Waals surface area contributed by atoms with Gasteiger partial charge >= 0.3 is 0 Å². The SMILES string of the molecule is Clc1ccc(CON=C(Cn2cncn2)c2ccc(Oc3ccc(Cl)cc3)cc2)cc1. The van der Waals surface area contributed by atoms with Crippen molar-refractivity contribution in [2.45, 2.75) is 13.2 Å². The number of aromatic nitrogens is 3. The van der Waals surface area contributed by atoms with E-state index in [1.54, 1.807) is 23.1 Å². The number of oxime groups is 1. The predicted molar refractivity (Wildman–Crippen MR) is 121 cm³/mol. The largest absolute Gasteiger partial charge is 0.457 e. The zero-order chi connectivity index (χ0) is 21.5.